The van der Waals surface area contributed by atoms with Gasteiger partial charge in [-0.2, -0.15) is 0 Å². The lowest BCUT2D eigenvalue weighted by atomic mass is 9.96. The Kier molecular flexibility index (Phi) is 4.11. The Hall–Kier alpha value is -0.120. The monoisotopic (exact) mass is 240 g/mol. The minimum Gasteiger partial charge on any atom is -0.371 e. The van der Waals surface area contributed by atoms with E-state index in [0.29, 0.717) is 12.1 Å². The molecule has 0 spiro atoms. The number of likely N-dealkylation sites (tertiary alicyclic amines) is 1. The minimum atomic E-state index is 0.0876. The van der Waals surface area contributed by atoms with Crippen LogP contribution in [0.25, 0.3) is 0 Å². The maximum atomic E-state index is 6.10. The van der Waals surface area contributed by atoms with Crippen molar-refractivity contribution in [2.24, 2.45) is 5.73 Å². The average Bonchev–Trinajstić information content (AvgIpc) is 2.58. The Bertz CT molecular complexity index is 253. The first-order valence-electron chi connectivity index (χ1n) is 7.15. The van der Waals surface area contributed by atoms with Gasteiger partial charge >= 0.3 is 0 Å². The Morgan fingerprint density at radius 2 is 2.12 bits per heavy atom. The molecular weight excluding hydrogens is 212 g/mol. The van der Waals surface area contributed by atoms with Crippen molar-refractivity contribution in [3.05, 3.63) is 0 Å². The van der Waals surface area contributed by atoms with Crippen LogP contribution in [0.2, 0.25) is 0 Å². The summed E-state index contributed by atoms with van der Waals surface area (Å²) in [5, 5.41) is 0. The molecule has 2 aliphatic heterocycles. The van der Waals surface area contributed by atoms with Gasteiger partial charge in [0, 0.05) is 18.6 Å². The van der Waals surface area contributed by atoms with Crippen LogP contribution < -0.4 is 5.73 Å². The van der Waals surface area contributed by atoms with Crippen LogP contribution in [0.15, 0.2) is 0 Å². The van der Waals surface area contributed by atoms with Crippen molar-refractivity contribution >= 4 is 0 Å². The van der Waals surface area contributed by atoms with Gasteiger partial charge in [-0.25, -0.2) is 0 Å². The highest BCUT2D eigenvalue weighted by Gasteiger charge is 2.35. The van der Waals surface area contributed by atoms with Gasteiger partial charge in [0.1, 0.15) is 0 Å². The fourth-order valence-corrected chi connectivity index (χ4v) is 3.31. The van der Waals surface area contributed by atoms with Crippen molar-refractivity contribution in [3.63, 3.8) is 0 Å². The first-order valence-corrected chi connectivity index (χ1v) is 7.15. The lowest BCUT2D eigenvalue weighted by Crippen LogP contribution is -2.51. The van der Waals surface area contributed by atoms with E-state index in [1.165, 1.54) is 38.6 Å². The Labute approximate surface area is 106 Å². The molecule has 100 valence electrons. The van der Waals surface area contributed by atoms with Crippen LogP contribution in [-0.2, 0) is 4.74 Å². The van der Waals surface area contributed by atoms with E-state index in [1.807, 2.05) is 0 Å². The third-order valence-electron chi connectivity index (χ3n) is 4.26. The van der Waals surface area contributed by atoms with E-state index in [1.54, 1.807) is 0 Å². The van der Waals surface area contributed by atoms with E-state index in [2.05, 4.69) is 25.7 Å². The zero-order valence-corrected chi connectivity index (χ0v) is 11.6. The molecule has 2 fully saturated rings. The fraction of sp³-hybridized carbons (Fsp3) is 1.00. The predicted molar refractivity (Wildman–Crippen MR) is 71.0 cm³/mol. The average molecular weight is 240 g/mol. The molecule has 2 heterocycles. The third-order valence-corrected chi connectivity index (χ3v) is 4.26. The first kappa shape index (κ1) is 13.3. The number of piperidine rings is 1. The summed E-state index contributed by atoms with van der Waals surface area (Å²) in [6.07, 6.45) is 6.72. The van der Waals surface area contributed by atoms with E-state index in [-0.39, 0.29) is 11.6 Å². The Morgan fingerprint density at radius 3 is 2.71 bits per heavy atom. The molecule has 2 aliphatic rings. The van der Waals surface area contributed by atoms with E-state index in [4.69, 9.17) is 10.5 Å². The molecule has 0 radical (unpaired) electrons. The quantitative estimate of drug-likeness (QED) is 0.821. The largest absolute Gasteiger partial charge is 0.371 e. The second-order valence-electron chi connectivity index (χ2n) is 6.46. The second-order valence-corrected chi connectivity index (χ2v) is 6.46. The van der Waals surface area contributed by atoms with Gasteiger partial charge in [0.25, 0.3) is 0 Å². The molecule has 3 atom stereocenters. The highest BCUT2D eigenvalue weighted by atomic mass is 16.5. The van der Waals surface area contributed by atoms with Gasteiger partial charge in [-0.1, -0.05) is 6.42 Å². The Morgan fingerprint density at radius 1 is 1.35 bits per heavy atom. The van der Waals surface area contributed by atoms with Crippen molar-refractivity contribution < 1.29 is 4.74 Å². The van der Waals surface area contributed by atoms with Gasteiger partial charge in [-0.15, -0.1) is 0 Å². The summed E-state index contributed by atoms with van der Waals surface area (Å²) in [6, 6.07) is 0.848. The maximum Gasteiger partial charge on any atom is 0.0710 e. The van der Waals surface area contributed by atoms with Crippen molar-refractivity contribution in [1.82, 2.24) is 4.90 Å². The van der Waals surface area contributed by atoms with Crippen molar-refractivity contribution in [3.8, 4) is 0 Å². The lowest BCUT2D eigenvalue weighted by Gasteiger charge is -2.39. The molecule has 0 aromatic heterocycles. The number of hydrogen-bond donors (Lipinski definition) is 1. The van der Waals surface area contributed by atoms with Gasteiger partial charge in [0.2, 0.25) is 0 Å². The van der Waals surface area contributed by atoms with Crippen LogP contribution in [0, 0.1) is 0 Å². The fourth-order valence-electron chi connectivity index (χ4n) is 3.31. The highest BCUT2D eigenvalue weighted by molar-refractivity contribution is 4.88. The summed E-state index contributed by atoms with van der Waals surface area (Å²) >= 11 is 0. The van der Waals surface area contributed by atoms with Crippen LogP contribution in [0.4, 0.5) is 0 Å². The van der Waals surface area contributed by atoms with Crippen molar-refractivity contribution in [2.75, 3.05) is 13.1 Å². The van der Waals surface area contributed by atoms with E-state index < -0.39 is 0 Å². The molecule has 3 heteroatoms. The number of nitrogens with two attached hydrogens (primary N) is 1. The zero-order chi connectivity index (χ0) is 12.5. The summed E-state index contributed by atoms with van der Waals surface area (Å²) in [4.78, 5) is 2.57. The smallest absolute Gasteiger partial charge is 0.0710 e. The summed E-state index contributed by atoms with van der Waals surface area (Å²) in [5.41, 5.74) is 6.19. The van der Waals surface area contributed by atoms with E-state index in [9.17, 15) is 0 Å². The minimum absolute atomic E-state index is 0.0876. The van der Waals surface area contributed by atoms with Crippen LogP contribution in [0.5, 0.6) is 0 Å². The molecule has 3 nitrogen and oxygen atoms in total. The highest BCUT2D eigenvalue weighted by Crippen LogP contribution is 2.31. The molecule has 3 unspecified atom stereocenters. The molecule has 2 saturated heterocycles. The molecule has 0 amide bonds. The van der Waals surface area contributed by atoms with E-state index >= 15 is 0 Å². The Balaban J connectivity index is 1.88. The number of hydrogen-bond acceptors (Lipinski definition) is 3. The molecule has 17 heavy (non-hydrogen) atoms. The molecule has 0 aliphatic carbocycles. The van der Waals surface area contributed by atoms with Gasteiger partial charge in [-0.05, 0) is 53.0 Å². The van der Waals surface area contributed by atoms with Gasteiger partial charge in [0.15, 0.2) is 0 Å². The van der Waals surface area contributed by atoms with Crippen LogP contribution in [0.3, 0.4) is 0 Å². The van der Waals surface area contributed by atoms with Gasteiger partial charge < -0.3 is 10.5 Å². The van der Waals surface area contributed by atoms with Crippen LogP contribution in [-0.4, -0.2) is 41.8 Å². The predicted octanol–water partition coefficient (Wildman–Crippen LogP) is 2.15. The SMILES string of the molecule is CC(N)C1CCCCN1CC1CCC(C)(C)O1. The van der Waals surface area contributed by atoms with Gasteiger partial charge in [-0.3, -0.25) is 4.90 Å². The molecule has 0 bridgehead atoms. The van der Waals surface area contributed by atoms with Crippen molar-refractivity contribution in [2.45, 2.75) is 76.7 Å². The standard InChI is InChI=1S/C14H28N2O/c1-11(15)13-6-4-5-9-16(13)10-12-7-8-14(2,3)17-12/h11-13H,4-10,15H2,1-3H3. The lowest BCUT2D eigenvalue weighted by molar-refractivity contribution is -0.0386. The molecule has 2 N–H and O–H groups in total. The number of ether oxygens (including phenoxy) is 1. The summed E-state index contributed by atoms with van der Waals surface area (Å²) in [5.74, 6) is 0. The first-order chi connectivity index (χ1) is 7.98. The number of nitrogens with zero attached hydrogens (tertiary/aromatic N) is 1. The second kappa shape index (κ2) is 5.25. The molecule has 0 aromatic rings. The normalized spacial score (nSPS) is 36.0. The van der Waals surface area contributed by atoms with E-state index in [0.717, 1.165) is 6.54 Å². The summed E-state index contributed by atoms with van der Waals surface area (Å²) in [6.45, 7) is 8.82. The molecule has 0 saturated carbocycles. The summed E-state index contributed by atoms with van der Waals surface area (Å²) in [7, 11) is 0. The van der Waals surface area contributed by atoms with Crippen LogP contribution in [0.1, 0.15) is 52.9 Å². The zero-order valence-electron chi connectivity index (χ0n) is 11.6. The molecule has 2 rings (SSSR count). The molecular formula is C14H28N2O. The van der Waals surface area contributed by atoms with Crippen LogP contribution >= 0.6 is 0 Å². The van der Waals surface area contributed by atoms with Gasteiger partial charge in [0.05, 0.1) is 11.7 Å². The third kappa shape index (κ3) is 3.43. The molecule has 0 aromatic carbocycles. The number of rotatable bonds is 3. The van der Waals surface area contributed by atoms with Crippen molar-refractivity contribution in [1.29, 1.82) is 0 Å². The summed E-state index contributed by atoms with van der Waals surface area (Å²) < 4.78 is 6.10. The topological polar surface area (TPSA) is 38.5 Å². The maximum absolute atomic E-state index is 6.10.